The summed E-state index contributed by atoms with van der Waals surface area (Å²) in [7, 11) is 0. The molecule has 0 aliphatic heterocycles. The molecule has 3 rings (SSSR count). The molecule has 7 nitrogen and oxygen atoms in total. The molecular formula is C22H19N3O4. The van der Waals surface area contributed by atoms with E-state index in [1.807, 2.05) is 54.6 Å². The average Bonchev–Trinajstić information content (AvgIpc) is 2.74. The number of ether oxygens (including phenoxy) is 1. The van der Waals surface area contributed by atoms with Gasteiger partial charge in [0.25, 0.3) is 5.69 Å². The van der Waals surface area contributed by atoms with Crippen molar-refractivity contribution in [3.05, 3.63) is 106 Å². The highest BCUT2D eigenvalue weighted by molar-refractivity contribution is 5.83. The molecule has 0 atom stereocenters. The van der Waals surface area contributed by atoms with Crippen molar-refractivity contribution in [3.63, 3.8) is 0 Å². The molecule has 0 heterocycles. The number of benzene rings is 3. The van der Waals surface area contributed by atoms with Gasteiger partial charge in [-0.15, -0.1) is 0 Å². The van der Waals surface area contributed by atoms with E-state index in [-0.39, 0.29) is 18.0 Å². The zero-order valence-corrected chi connectivity index (χ0v) is 15.5. The minimum absolute atomic E-state index is 0.0125. The fourth-order valence-electron chi connectivity index (χ4n) is 2.56. The monoisotopic (exact) mass is 389 g/mol. The normalized spacial score (nSPS) is 10.6. The summed E-state index contributed by atoms with van der Waals surface area (Å²) in [5.41, 5.74) is 4.96. The van der Waals surface area contributed by atoms with Crippen LogP contribution < -0.4 is 10.2 Å². The number of nitrogens with zero attached hydrogens (tertiary/aromatic N) is 2. The number of carbonyl (C=O) groups excluding carboxylic acids is 1. The van der Waals surface area contributed by atoms with Crippen molar-refractivity contribution in [2.24, 2.45) is 5.10 Å². The number of nitro benzene ring substituents is 1. The fourth-order valence-corrected chi connectivity index (χ4v) is 2.56. The van der Waals surface area contributed by atoms with Crippen molar-refractivity contribution in [2.45, 2.75) is 13.0 Å². The quantitative estimate of drug-likeness (QED) is 0.359. The van der Waals surface area contributed by atoms with E-state index in [1.165, 1.54) is 18.3 Å². The van der Waals surface area contributed by atoms with Crippen molar-refractivity contribution >= 4 is 17.8 Å². The molecule has 3 aromatic rings. The zero-order valence-electron chi connectivity index (χ0n) is 15.5. The maximum absolute atomic E-state index is 12.0. The topological polar surface area (TPSA) is 93.8 Å². The highest BCUT2D eigenvalue weighted by Gasteiger charge is 2.06. The van der Waals surface area contributed by atoms with Gasteiger partial charge in [0.15, 0.2) is 0 Å². The lowest BCUT2D eigenvalue weighted by Gasteiger charge is -2.06. The van der Waals surface area contributed by atoms with Gasteiger partial charge < -0.3 is 4.74 Å². The molecule has 0 aliphatic rings. The van der Waals surface area contributed by atoms with Gasteiger partial charge in [-0.25, -0.2) is 5.43 Å². The van der Waals surface area contributed by atoms with E-state index in [1.54, 1.807) is 12.1 Å². The van der Waals surface area contributed by atoms with Gasteiger partial charge in [0.05, 0.1) is 17.6 Å². The molecule has 0 fully saturated rings. The number of hydrogen-bond acceptors (Lipinski definition) is 5. The summed E-state index contributed by atoms with van der Waals surface area (Å²) in [6.07, 6.45) is 1.61. The van der Waals surface area contributed by atoms with E-state index < -0.39 is 4.92 Å². The Morgan fingerprint density at radius 2 is 1.76 bits per heavy atom. The Hall–Kier alpha value is -4.00. The molecule has 0 radical (unpaired) electrons. The van der Waals surface area contributed by atoms with Crippen LogP contribution in [0, 0.1) is 10.1 Å². The van der Waals surface area contributed by atoms with E-state index in [4.69, 9.17) is 4.74 Å². The van der Waals surface area contributed by atoms with Crippen LogP contribution >= 0.6 is 0 Å². The van der Waals surface area contributed by atoms with Gasteiger partial charge in [0.2, 0.25) is 5.91 Å². The molecule has 0 saturated carbocycles. The molecule has 0 aromatic heterocycles. The van der Waals surface area contributed by atoms with E-state index in [0.717, 1.165) is 11.1 Å². The van der Waals surface area contributed by atoms with Crippen LogP contribution in [0.5, 0.6) is 5.75 Å². The van der Waals surface area contributed by atoms with Crippen LogP contribution in [0.15, 0.2) is 84.0 Å². The fraction of sp³-hybridized carbons (Fsp3) is 0.0909. The standard InChI is InChI=1S/C22H19N3O4/c26-22(14-17-9-11-20(12-10-17)25(27)28)24-23-15-19-7-4-8-21(13-19)29-16-18-5-2-1-3-6-18/h1-13,15H,14,16H2,(H,24,26)/b23-15-. The maximum atomic E-state index is 12.0. The summed E-state index contributed by atoms with van der Waals surface area (Å²) in [5, 5.41) is 14.6. The Bertz CT molecular complexity index is 1000. The van der Waals surface area contributed by atoms with Gasteiger partial charge in [-0.05, 0) is 28.8 Å². The molecule has 1 amide bonds. The van der Waals surface area contributed by atoms with Gasteiger partial charge in [-0.2, -0.15) is 5.10 Å². The third-order valence-electron chi connectivity index (χ3n) is 4.02. The number of nitro groups is 1. The van der Waals surface area contributed by atoms with E-state index in [9.17, 15) is 14.9 Å². The van der Waals surface area contributed by atoms with Gasteiger partial charge in [-0.1, -0.05) is 54.6 Å². The van der Waals surface area contributed by atoms with Gasteiger partial charge >= 0.3 is 0 Å². The second kappa shape index (κ2) is 9.80. The first-order valence-corrected chi connectivity index (χ1v) is 8.92. The second-order valence-electron chi connectivity index (χ2n) is 6.24. The Kier molecular flexibility index (Phi) is 6.67. The van der Waals surface area contributed by atoms with Crippen molar-refractivity contribution in [2.75, 3.05) is 0 Å². The number of non-ortho nitro benzene ring substituents is 1. The summed E-state index contributed by atoms with van der Waals surface area (Å²) < 4.78 is 5.77. The summed E-state index contributed by atoms with van der Waals surface area (Å²) in [6, 6.07) is 23.1. The molecule has 3 aromatic carbocycles. The van der Waals surface area contributed by atoms with Crippen molar-refractivity contribution in [1.29, 1.82) is 0 Å². The van der Waals surface area contributed by atoms with Crippen LogP contribution in [-0.2, 0) is 17.8 Å². The molecule has 1 N–H and O–H groups in total. The highest BCUT2D eigenvalue weighted by atomic mass is 16.6. The third kappa shape index (κ3) is 6.28. The lowest BCUT2D eigenvalue weighted by molar-refractivity contribution is -0.384. The predicted octanol–water partition coefficient (Wildman–Crippen LogP) is 3.87. The molecule has 7 heteroatoms. The number of hydrogen-bond donors (Lipinski definition) is 1. The van der Waals surface area contributed by atoms with Crippen LogP contribution in [0.4, 0.5) is 5.69 Å². The minimum atomic E-state index is -0.480. The van der Waals surface area contributed by atoms with Crippen LogP contribution in [-0.4, -0.2) is 17.0 Å². The first-order chi connectivity index (χ1) is 14.1. The molecule has 29 heavy (non-hydrogen) atoms. The zero-order chi connectivity index (χ0) is 20.5. The van der Waals surface area contributed by atoms with E-state index in [2.05, 4.69) is 10.5 Å². The van der Waals surface area contributed by atoms with Crippen LogP contribution in [0.1, 0.15) is 16.7 Å². The highest BCUT2D eigenvalue weighted by Crippen LogP contribution is 2.14. The van der Waals surface area contributed by atoms with Gasteiger partial charge in [0.1, 0.15) is 12.4 Å². The SMILES string of the molecule is O=C(Cc1ccc([N+](=O)[O-])cc1)N/N=C\c1cccc(OCc2ccccc2)c1. The average molecular weight is 389 g/mol. The molecule has 0 aliphatic carbocycles. The third-order valence-corrected chi connectivity index (χ3v) is 4.02. The lowest BCUT2D eigenvalue weighted by atomic mass is 10.1. The number of hydrazone groups is 1. The molecule has 0 spiro atoms. The Morgan fingerprint density at radius 1 is 1.00 bits per heavy atom. The van der Waals surface area contributed by atoms with Crippen LogP contribution in [0.2, 0.25) is 0 Å². The Balaban J connectivity index is 1.50. The van der Waals surface area contributed by atoms with Crippen molar-refractivity contribution in [1.82, 2.24) is 5.43 Å². The molecule has 0 saturated heterocycles. The largest absolute Gasteiger partial charge is 0.489 e. The number of amides is 1. The van der Waals surface area contributed by atoms with Crippen molar-refractivity contribution < 1.29 is 14.5 Å². The number of nitrogens with one attached hydrogen (secondary N) is 1. The maximum Gasteiger partial charge on any atom is 0.269 e. The second-order valence-corrected chi connectivity index (χ2v) is 6.24. The van der Waals surface area contributed by atoms with Crippen LogP contribution in [0.25, 0.3) is 0 Å². The molecule has 0 bridgehead atoms. The summed E-state index contributed by atoms with van der Waals surface area (Å²) in [6.45, 7) is 0.466. The lowest BCUT2D eigenvalue weighted by Crippen LogP contribution is -2.19. The number of carbonyl (C=O) groups is 1. The van der Waals surface area contributed by atoms with Crippen molar-refractivity contribution in [3.8, 4) is 5.75 Å². The molecular weight excluding hydrogens is 370 g/mol. The first-order valence-electron chi connectivity index (χ1n) is 8.92. The smallest absolute Gasteiger partial charge is 0.269 e. The summed E-state index contributed by atoms with van der Waals surface area (Å²) >= 11 is 0. The molecule has 146 valence electrons. The Labute approximate surface area is 167 Å². The van der Waals surface area contributed by atoms with E-state index >= 15 is 0 Å². The summed E-state index contributed by atoms with van der Waals surface area (Å²) in [4.78, 5) is 22.1. The van der Waals surface area contributed by atoms with Gasteiger partial charge in [-0.3, -0.25) is 14.9 Å². The van der Waals surface area contributed by atoms with Gasteiger partial charge in [0, 0.05) is 12.1 Å². The van der Waals surface area contributed by atoms with Crippen LogP contribution in [0.3, 0.4) is 0 Å². The first kappa shape index (κ1) is 19.8. The van der Waals surface area contributed by atoms with E-state index in [0.29, 0.717) is 17.9 Å². The molecule has 0 unspecified atom stereocenters. The summed E-state index contributed by atoms with van der Waals surface area (Å²) in [5.74, 6) is 0.390. The number of rotatable bonds is 8. The minimum Gasteiger partial charge on any atom is -0.489 e. The predicted molar refractivity (Wildman–Crippen MR) is 110 cm³/mol. The Morgan fingerprint density at radius 3 is 2.48 bits per heavy atom.